The van der Waals surface area contributed by atoms with Gasteiger partial charge in [0.05, 0.1) is 11.6 Å². The largest absolute Gasteiger partial charge is 0.323 e. The van der Waals surface area contributed by atoms with E-state index in [0.717, 1.165) is 24.1 Å². The maximum absolute atomic E-state index is 13.7. The second kappa shape index (κ2) is 7.16. The van der Waals surface area contributed by atoms with Crippen molar-refractivity contribution >= 4 is 11.6 Å². The van der Waals surface area contributed by atoms with Gasteiger partial charge in [-0.3, -0.25) is 4.79 Å². The Morgan fingerprint density at radius 1 is 1.14 bits per heavy atom. The van der Waals surface area contributed by atoms with E-state index in [9.17, 15) is 13.6 Å². The lowest BCUT2D eigenvalue weighted by molar-refractivity contribution is -0.118. The van der Waals surface area contributed by atoms with Gasteiger partial charge in [0.15, 0.2) is 0 Å². The van der Waals surface area contributed by atoms with Crippen LogP contribution in [0.3, 0.4) is 0 Å². The molecule has 0 saturated heterocycles. The van der Waals surface area contributed by atoms with Crippen LogP contribution in [-0.4, -0.2) is 5.91 Å². The van der Waals surface area contributed by atoms with Crippen LogP contribution in [0, 0.1) is 17.6 Å². The molecule has 4 heteroatoms. The Balaban J connectivity index is 2.26. The summed E-state index contributed by atoms with van der Waals surface area (Å²) in [5.74, 6) is -2.01. The molecule has 0 aliphatic rings. The molecular formula is C18H19F2NO. The average Bonchev–Trinajstić information content (AvgIpc) is 2.51. The molecule has 0 radical (unpaired) electrons. The molecule has 0 unspecified atom stereocenters. The van der Waals surface area contributed by atoms with Crippen molar-refractivity contribution in [2.24, 2.45) is 5.92 Å². The summed E-state index contributed by atoms with van der Waals surface area (Å²) in [5.41, 5.74) is 0.882. The molecule has 0 aliphatic heterocycles. The predicted octanol–water partition coefficient (Wildman–Crippen LogP) is 4.73. The van der Waals surface area contributed by atoms with Gasteiger partial charge in [0.2, 0.25) is 5.91 Å². The van der Waals surface area contributed by atoms with Gasteiger partial charge in [0.1, 0.15) is 11.6 Å². The second-order valence-corrected chi connectivity index (χ2v) is 5.39. The highest BCUT2D eigenvalue weighted by Gasteiger charge is 2.26. The van der Waals surface area contributed by atoms with Crippen LogP contribution in [0.5, 0.6) is 0 Å². The van der Waals surface area contributed by atoms with E-state index in [4.69, 9.17) is 0 Å². The summed E-state index contributed by atoms with van der Waals surface area (Å²) in [6.07, 6.45) is 0.818. The van der Waals surface area contributed by atoms with E-state index in [2.05, 4.69) is 5.32 Å². The van der Waals surface area contributed by atoms with Gasteiger partial charge < -0.3 is 5.32 Å². The number of rotatable bonds is 5. The molecule has 2 nitrogen and oxygen atoms in total. The Labute approximate surface area is 129 Å². The number of halogens is 2. The van der Waals surface area contributed by atoms with Crippen LogP contribution in [0.1, 0.15) is 31.7 Å². The van der Waals surface area contributed by atoms with Crippen LogP contribution < -0.4 is 5.32 Å². The first kappa shape index (κ1) is 16.1. The number of hydrogen-bond acceptors (Lipinski definition) is 1. The van der Waals surface area contributed by atoms with Crippen molar-refractivity contribution in [1.29, 1.82) is 0 Å². The van der Waals surface area contributed by atoms with Gasteiger partial charge in [-0.25, -0.2) is 8.78 Å². The predicted molar refractivity (Wildman–Crippen MR) is 83.6 cm³/mol. The summed E-state index contributed by atoms with van der Waals surface area (Å²) in [7, 11) is 0. The Kier molecular flexibility index (Phi) is 5.26. The monoisotopic (exact) mass is 303 g/mol. The molecule has 2 rings (SSSR count). The fraction of sp³-hybridized carbons (Fsp3) is 0.278. The quantitative estimate of drug-likeness (QED) is 0.849. The molecule has 0 aromatic heterocycles. The molecule has 0 heterocycles. The molecule has 2 atom stereocenters. The number of nitrogens with one attached hydrogen (secondary N) is 1. The zero-order chi connectivity index (χ0) is 16.1. The first-order chi connectivity index (χ1) is 10.5. The number of anilines is 1. The smallest absolute Gasteiger partial charge is 0.232 e. The molecule has 2 aromatic rings. The minimum atomic E-state index is -0.774. The van der Waals surface area contributed by atoms with Crippen molar-refractivity contribution in [3.63, 3.8) is 0 Å². The van der Waals surface area contributed by atoms with Crippen molar-refractivity contribution in [3.8, 4) is 0 Å². The first-order valence-corrected chi connectivity index (χ1v) is 7.33. The number of hydrogen-bond donors (Lipinski definition) is 1. The molecule has 116 valence electrons. The third-order valence-corrected chi connectivity index (χ3v) is 3.84. The highest BCUT2D eigenvalue weighted by Crippen LogP contribution is 2.29. The van der Waals surface area contributed by atoms with Crippen molar-refractivity contribution in [2.75, 3.05) is 5.32 Å². The molecule has 1 amide bonds. The van der Waals surface area contributed by atoms with Gasteiger partial charge in [-0.1, -0.05) is 50.6 Å². The third-order valence-electron chi connectivity index (χ3n) is 3.84. The fourth-order valence-corrected chi connectivity index (χ4v) is 2.44. The molecule has 1 N–H and O–H groups in total. The van der Waals surface area contributed by atoms with E-state index in [-0.39, 0.29) is 23.4 Å². The SMILES string of the molecule is CC[C@H](C)[C@H](C(=O)Nc1ccc(F)cc1F)c1ccccc1. The zero-order valence-electron chi connectivity index (χ0n) is 12.6. The van der Waals surface area contributed by atoms with Crippen molar-refractivity contribution in [1.82, 2.24) is 0 Å². The number of amides is 1. The number of benzene rings is 2. The van der Waals surface area contributed by atoms with E-state index >= 15 is 0 Å². The highest BCUT2D eigenvalue weighted by atomic mass is 19.1. The van der Waals surface area contributed by atoms with Crippen LogP contribution in [0.25, 0.3) is 0 Å². The summed E-state index contributed by atoms with van der Waals surface area (Å²) in [6.45, 7) is 3.99. The van der Waals surface area contributed by atoms with Crippen molar-refractivity contribution in [3.05, 3.63) is 65.7 Å². The standard InChI is InChI=1S/C18H19F2NO/c1-3-12(2)17(13-7-5-4-6-8-13)18(22)21-16-10-9-14(19)11-15(16)20/h4-12,17H,3H2,1-2H3,(H,21,22)/t12-,17-/m0/s1. The number of carbonyl (C=O) groups excluding carboxylic acids is 1. The van der Waals surface area contributed by atoms with Crippen LogP contribution in [0.15, 0.2) is 48.5 Å². The summed E-state index contributed by atoms with van der Waals surface area (Å²) in [4.78, 5) is 12.6. The topological polar surface area (TPSA) is 29.1 Å². The van der Waals surface area contributed by atoms with Gasteiger partial charge in [0, 0.05) is 6.07 Å². The second-order valence-electron chi connectivity index (χ2n) is 5.39. The molecule has 22 heavy (non-hydrogen) atoms. The Hall–Kier alpha value is -2.23. The van der Waals surface area contributed by atoms with Gasteiger partial charge in [-0.05, 0) is 23.6 Å². The minimum Gasteiger partial charge on any atom is -0.323 e. The van der Waals surface area contributed by atoms with Gasteiger partial charge in [-0.15, -0.1) is 0 Å². The normalized spacial score (nSPS) is 13.5. The van der Waals surface area contributed by atoms with Crippen LogP contribution in [0.2, 0.25) is 0 Å². The molecule has 0 saturated carbocycles. The fourth-order valence-electron chi connectivity index (χ4n) is 2.44. The molecule has 0 fully saturated rings. The third kappa shape index (κ3) is 3.70. The maximum Gasteiger partial charge on any atom is 0.232 e. The summed E-state index contributed by atoms with van der Waals surface area (Å²) >= 11 is 0. The first-order valence-electron chi connectivity index (χ1n) is 7.33. The van der Waals surface area contributed by atoms with E-state index in [0.29, 0.717) is 0 Å². The highest BCUT2D eigenvalue weighted by molar-refractivity contribution is 5.96. The molecule has 0 spiro atoms. The van der Waals surface area contributed by atoms with E-state index in [1.807, 2.05) is 44.2 Å². The van der Waals surface area contributed by atoms with Crippen molar-refractivity contribution < 1.29 is 13.6 Å². The minimum absolute atomic E-state index is 0.00404. The average molecular weight is 303 g/mol. The van der Waals surface area contributed by atoms with Crippen LogP contribution in [-0.2, 0) is 4.79 Å². The van der Waals surface area contributed by atoms with Gasteiger partial charge in [0.25, 0.3) is 0 Å². The summed E-state index contributed by atoms with van der Waals surface area (Å²) < 4.78 is 26.6. The van der Waals surface area contributed by atoms with E-state index in [1.165, 1.54) is 6.07 Å². The molecular weight excluding hydrogens is 284 g/mol. The van der Waals surface area contributed by atoms with Gasteiger partial charge in [-0.2, -0.15) is 0 Å². The van der Waals surface area contributed by atoms with E-state index in [1.54, 1.807) is 0 Å². The maximum atomic E-state index is 13.7. The molecule has 0 bridgehead atoms. The van der Waals surface area contributed by atoms with Crippen LogP contribution in [0.4, 0.5) is 14.5 Å². The number of carbonyl (C=O) groups is 1. The Morgan fingerprint density at radius 2 is 1.82 bits per heavy atom. The van der Waals surface area contributed by atoms with Crippen LogP contribution >= 0.6 is 0 Å². The van der Waals surface area contributed by atoms with Gasteiger partial charge >= 0.3 is 0 Å². The van der Waals surface area contributed by atoms with E-state index < -0.39 is 11.6 Å². The summed E-state index contributed by atoms with van der Waals surface area (Å²) in [5, 5.41) is 2.57. The summed E-state index contributed by atoms with van der Waals surface area (Å²) in [6, 6.07) is 12.5. The lowest BCUT2D eigenvalue weighted by Crippen LogP contribution is -2.26. The zero-order valence-corrected chi connectivity index (χ0v) is 12.6. The lowest BCUT2D eigenvalue weighted by atomic mass is 9.85. The molecule has 0 aliphatic carbocycles. The van der Waals surface area contributed by atoms with Crippen molar-refractivity contribution in [2.45, 2.75) is 26.2 Å². The molecule has 2 aromatic carbocycles. The lowest BCUT2D eigenvalue weighted by Gasteiger charge is -2.23. The Bertz CT molecular complexity index is 643. The Morgan fingerprint density at radius 3 is 2.41 bits per heavy atom.